The molecule has 5 nitrogen and oxygen atoms in total. The van der Waals surface area contributed by atoms with Crippen LogP contribution in [0.1, 0.15) is 13.3 Å². The van der Waals surface area contributed by atoms with Crippen LogP contribution in [-0.2, 0) is 4.79 Å². The molecule has 0 N–H and O–H groups in total. The number of hydrogen-bond donors (Lipinski definition) is 0. The maximum atomic E-state index is 12.5. The van der Waals surface area contributed by atoms with Crippen molar-refractivity contribution in [3.8, 4) is 5.75 Å². The van der Waals surface area contributed by atoms with Crippen molar-refractivity contribution in [3.63, 3.8) is 0 Å². The van der Waals surface area contributed by atoms with E-state index in [1.165, 1.54) is 19.1 Å². The number of alkyl halides is 3. The molecular formula is C12H10F3NO4. The molecule has 0 radical (unpaired) electrons. The number of esters is 1. The van der Waals surface area contributed by atoms with E-state index in [2.05, 4.69) is 0 Å². The molecule has 8 heteroatoms. The molecule has 1 aromatic carbocycles. The zero-order valence-electron chi connectivity index (χ0n) is 10.3. The monoisotopic (exact) mass is 289 g/mol. The van der Waals surface area contributed by atoms with Gasteiger partial charge in [-0.1, -0.05) is 0 Å². The van der Waals surface area contributed by atoms with Crippen molar-refractivity contribution in [2.75, 3.05) is 0 Å². The Balaban J connectivity index is 2.04. The number of ether oxygens (including phenoxy) is 1. The van der Waals surface area contributed by atoms with Crippen LogP contribution in [0.5, 0.6) is 5.75 Å². The molecule has 0 bridgehead atoms. The Morgan fingerprint density at radius 2 is 1.95 bits per heavy atom. The van der Waals surface area contributed by atoms with Crippen molar-refractivity contribution < 1.29 is 27.6 Å². The molecule has 1 aromatic rings. The highest BCUT2D eigenvalue weighted by Crippen LogP contribution is 2.60. The van der Waals surface area contributed by atoms with E-state index in [9.17, 15) is 28.1 Å². The van der Waals surface area contributed by atoms with E-state index < -0.39 is 28.4 Å². The number of halogens is 3. The van der Waals surface area contributed by atoms with Gasteiger partial charge in [-0.25, -0.2) is 0 Å². The molecule has 0 heterocycles. The molecule has 0 spiro atoms. The second-order valence-electron chi connectivity index (χ2n) is 4.86. The number of nitrogens with zero attached hydrogens (tertiary/aromatic N) is 1. The minimum atomic E-state index is -4.43. The summed E-state index contributed by atoms with van der Waals surface area (Å²) in [5.74, 6) is -2.69. The summed E-state index contributed by atoms with van der Waals surface area (Å²) in [5, 5.41) is 10.4. The Morgan fingerprint density at radius 3 is 2.35 bits per heavy atom. The summed E-state index contributed by atoms with van der Waals surface area (Å²) in [5.41, 5.74) is -1.77. The number of hydrogen-bond acceptors (Lipinski definition) is 4. The molecule has 0 saturated heterocycles. The highest BCUT2D eigenvalue weighted by Gasteiger charge is 2.69. The van der Waals surface area contributed by atoms with Gasteiger partial charge in [0.25, 0.3) is 5.69 Å². The van der Waals surface area contributed by atoms with Gasteiger partial charge in [-0.3, -0.25) is 14.9 Å². The first-order valence-corrected chi connectivity index (χ1v) is 5.68. The Bertz CT molecular complexity index is 555. The number of carbonyl (C=O) groups excluding carboxylic acids is 1. The fourth-order valence-corrected chi connectivity index (χ4v) is 1.93. The van der Waals surface area contributed by atoms with Gasteiger partial charge in [0.05, 0.1) is 16.3 Å². The molecule has 0 amide bonds. The second-order valence-corrected chi connectivity index (χ2v) is 4.86. The van der Waals surface area contributed by atoms with E-state index in [4.69, 9.17) is 4.74 Å². The van der Waals surface area contributed by atoms with E-state index in [-0.39, 0.29) is 17.9 Å². The number of carbonyl (C=O) groups is 1. The molecule has 0 aliphatic heterocycles. The molecule has 2 atom stereocenters. The average Bonchev–Trinajstić information content (AvgIpc) is 3.04. The van der Waals surface area contributed by atoms with Gasteiger partial charge < -0.3 is 4.74 Å². The molecular weight excluding hydrogens is 279 g/mol. The lowest BCUT2D eigenvalue weighted by Gasteiger charge is -2.12. The SMILES string of the molecule is C[C@]1(C(=O)Oc2ccc([N+](=O)[O-])cc2)C[C@@H]1C(F)(F)F. The van der Waals surface area contributed by atoms with Crippen molar-refractivity contribution in [1.82, 2.24) is 0 Å². The average molecular weight is 289 g/mol. The fraction of sp³-hybridized carbons (Fsp3) is 0.417. The number of nitro benzene ring substituents is 1. The normalized spacial score (nSPS) is 25.1. The van der Waals surface area contributed by atoms with Crippen molar-refractivity contribution in [3.05, 3.63) is 34.4 Å². The summed E-state index contributed by atoms with van der Waals surface area (Å²) in [7, 11) is 0. The van der Waals surface area contributed by atoms with Crippen LogP contribution in [0, 0.1) is 21.4 Å². The lowest BCUT2D eigenvalue weighted by molar-refractivity contribution is -0.384. The Labute approximate surface area is 111 Å². The van der Waals surface area contributed by atoms with E-state index >= 15 is 0 Å². The van der Waals surface area contributed by atoms with Crippen LogP contribution >= 0.6 is 0 Å². The first kappa shape index (κ1) is 14.3. The van der Waals surface area contributed by atoms with E-state index in [1.807, 2.05) is 0 Å². The van der Waals surface area contributed by atoms with E-state index in [1.54, 1.807) is 0 Å². The molecule has 1 aliphatic rings. The lowest BCUT2D eigenvalue weighted by Crippen LogP contribution is -2.26. The fourth-order valence-electron chi connectivity index (χ4n) is 1.93. The molecule has 20 heavy (non-hydrogen) atoms. The standard InChI is InChI=1S/C12H10F3NO4/c1-11(6-9(11)12(13,14)15)10(17)20-8-4-2-7(3-5-8)16(18)19/h2-5,9H,6H2,1H3/t9-,11-/m0/s1. The van der Waals surface area contributed by atoms with Gasteiger partial charge >= 0.3 is 12.1 Å². The molecule has 2 rings (SSSR count). The van der Waals surface area contributed by atoms with Crippen molar-refractivity contribution in [2.45, 2.75) is 19.5 Å². The van der Waals surface area contributed by atoms with Gasteiger partial charge in [0.15, 0.2) is 0 Å². The topological polar surface area (TPSA) is 69.4 Å². The van der Waals surface area contributed by atoms with Crippen LogP contribution in [0.4, 0.5) is 18.9 Å². The quantitative estimate of drug-likeness (QED) is 0.371. The first-order chi connectivity index (χ1) is 9.14. The summed E-state index contributed by atoms with van der Waals surface area (Å²) < 4.78 is 42.3. The maximum Gasteiger partial charge on any atom is 0.392 e. The third-order valence-electron chi connectivity index (χ3n) is 3.36. The Hall–Kier alpha value is -2.12. The summed E-state index contributed by atoms with van der Waals surface area (Å²) >= 11 is 0. The van der Waals surface area contributed by atoms with Gasteiger partial charge in [0, 0.05) is 12.1 Å². The van der Waals surface area contributed by atoms with Gasteiger partial charge in [0.2, 0.25) is 0 Å². The van der Waals surface area contributed by atoms with Crippen molar-refractivity contribution in [2.24, 2.45) is 11.3 Å². The Kier molecular flexibility index (Phi) is 3.19. The Morgan fingerprint density at radius 1 is 1.40 bits per heavy atom. The van der Waals surface area contributed by atoms with Crippen molar-refractivity contribution >= 4 is 11.7 Å². The van der Waals surface area contributed by atoms with Crippen molar-refractivity contribution in [1.29, 1.82) is 0 Å². The van der Waals surface area contributed by atoms with Gasteiger partial charge in [-0.05, 0) is 25.5 Å². The largest absolute Gasteiger partial charge is 0.426 e. The molecule has 1 aliphatic carbocycles. The van der Waals surface area contributed by atoms with Gasteiger partial charge in [0.1, 0.15) is 5.75 Å². The van der Waals surface area contributed by atoms with Crippen LogP contribution in [0.2, 0.25) is 0 Å². The number of benzene rings is 1. The predicted molar refractivity (Wildman–Crippen MR) is 61.0 cm³/mol. The number of non-ortho nitro benzene ring substituents is 1. The number of nitro groups is 1. The second kappa shape index (κ2) is 4.46. The zero-order valence-corrected chi connectivity index (χ0v) is 10.3. The third kappa shape index (κ3) is 2.59. The van der Waals surface area contributed by atoms with Crippen LogP contribution in [0.3, 0.4) is 0 Å². The zero-order chi connectivity index (χ0) is 15.1. The molecule has 1 fully saturated rings. The van der Waals surface area contributed by atoms with Crippen LogP contribution < -0.4 is 4.74 Å². The van der Waals surface area contributed by atoms with Crippen LogP contribution in [0.25, 0.3) is 0 Å². The highest BCUT2D eigenvalue weighted by molar-refractivity contribution is 5.82. The van der Waals surface area contributed by atoms with E-state index in [0.29, 0.717) is 0 Å². The maximum absolute atomic E-state index is 12.5. The lowest BCUT2D eigenvalue weighted by atomic mass is 10.1. The third-order valence-corrected chi connectivity index (χ3v) is 3.36. The predicted octanol–water partition coefficient (Wildman–Crippen LogP) is 3.09. The van der Waals surface area contributed by atoms with Gasteiger partial charge in [-0.2, -0.15) is 13.2 Å². The molecule has 108 valence electrons. The van der Waals surface area contributed by atoms with E-state index in [0.717, 1.165) is 12.1 Å². The van der Waals surface area contributed by atoms with Crippen LogP contribution in [-0.4, -0.2) is 17.1 Å². The van der Waals surface area contributed by atoms with Crippen LogP contribution in [0.15, 0.2) is 24.3 Å². The number of rotatable bonds is 3. The molecule has 0 unspecified atom stereocenters. The first-order valence-electron chi connectivity index (χ1n) is 5.68. The summed E-state index contributed by atoms with van der Waals surface area (Å²) in [6.07, 6.45) is -4.73. The summed E-state index contributed by atoms with van der Waals surface area (Å²) in [4.78, 5) is 21.5. The smallest absolute Gasteiger partial charge is 0.392 e. The van der Waals surface area contributed by atoms with Gasteiger partial charge in [-0.15, -0.1) is 0 Å². The highest BCUT2D eigenvalue weighted by atomic mass is 19.4. The molecule has 0 aromatic heterocycles. The minimum absolute atomic E-state index is 0.0188. The summed E-state index contributed by atoms with van der Waals surface area (Å²) in [6.45, 7) is 1.19. The summed E-state index contributed by atoms with van der Waals surface area (Å²) in [6, 6.07) is 4.56. The minimum Gasteiger partial charge on any atom is -0.426 e. The molecule has 1 saturated carbocycles.